The topological polar surface area (TPSA) is 47.0 Å². The Balaban J connectivity index is 1.82. The third-order valence-electron chi connectivity index (χ3n) is 4.19. The van der Waals surface area contributed by atoms with Crippen molar-refractivity contribution in [2.75, 3.05) is 12.4 Å². The molecule has 1 atom stereocenters. The lowest BCUT2D eigenvalue weighted by Gasteiger charge is -2.27. The average Bonchev–Trinajstić information content (AvgIpc) is 2.95. The number of aryl methyl sites for hydroxylation is 1. The van der Waals surface area contributed by atoms with Crippen LogP contribution in [0.25, 0.3) is 0 Å². The van der Waals surface area contributed by atoms with Crippen LogP contribution in [0.15, 0.2) is 18.2 Å². The van der Waals surface area contributed by atoms with Gasteiger partial charge in [-0.1, -0.05) is 32.0 Å². The molecule has 0 fully saturated rings. The molecule has 4 nitrogen and oxygen atoms in total. The highest BCUT2D eigenvalue weighted by Gasteiger charge is 2.22. The molecule has 0 saturated heterocycles. The number of methoxy groups -OCH3 is 1. The predicted molar refractivity (Wildman–Crippen MR) is 90.5 cm³/mol. The maximum absolute atomic E-state index is 5.08. The number of hydrogen-bond acceptors (Lipinski definition) is 5. The van der Waals surface area contributed by atoms with Crippen molar-refractivity contribution < 1.29 is 4.74 Å². The van der Waals surface area contributed by atoms with Crippen molar-refractivity contribution in [2.45, 2.75) is 51.7 Å². The fourth-order valence-corrected chi connectivity index (χ4v) is 3.60. The SMILES string of the molecule is COCc1nsc(N[C@@H]2CCCc3ccc(C(C)C)cc32)n1. The van der Waals surface area contributed by atoms with E-state index in [1.165, 1.54) is 41.1 Å². The van der Waals surface area contributed by atoms with Crippen LogP contribution in [0.1, 0.15) is 61.2 Å². The summed E-state index contributed by atoms with van der Waals surface area (Å²) in [6.07, 6.45) is 3.54. The summed E-state index contributed by atoms with van der Waals surface area (Å²) in [5, 5.41) is 4.46. The van der Waals surface area contributed by atoms with E-state index in [1.807, 2.05) is 0 Å². The first-order chi connectivity index (χ1) is 10.7. The van der Waals surface area contributed by atoms with Gasteiger partial charge >= 0.3 is 0 Å². The lowest BCUT2D eigenvalue weighted by atomic mass is 9.85. The van der Waals surface area contributed by atoms with Gasteiger partial charge in [-0.05, 0) is 41.9 Å². The quantitative estimate of drug-likeness (QED) is 0.893. The normalized spacial score (nSPS) is 17.5. The summed E-state index contributed by atoms with van der Waals surface area (Å²) in [4.78, 5) is 4.50. The molecule has 0 saturated carbocycles. The van der Waals surface area contributed by atoms with E-state index in [2.05, 4.69) is 46.7 Å². The van der Waals surface area contributed by atoms with Gasteiger partial charge in [-0.3, -0.25) is 0 Å². The Morgan fingerprint density at radius 2 is 2.27 bits per heavy atom. The van der Waals surface area contributed by atoms with Gasteiger partial charge in [0.05, 0.1) is 6.04 Å². The van der Waals surface area contributed by atoms with Crippen LogP contribution in [-0.2, 0) is 17.8 Å². The first-order valence-electron chi connectivity index (χ1n) is 7.88. The zero-order valence-corrected chi connectivity index (χ0v) is 14.2. The summed E-state index contributed by atoms with van der Waals surface area (Å²) in [6.45, 7) is 4.96. The molecule has 0 bridgehead atoms. The largest absolute Gasteiger partial charge is 0.377 e. The summed E-state index contributed by atoms with van der Waals surface area (Å²) in [5.41, 5.74) is 4.31. The van der Waals surface area contributed by atoms with Crippen LogP contribution >= 0.6 is 11.5 Å². The third kappa shape index (κ3) is 3.31. The van der Waals surface area contributed by atoms with Crippen LogP contribution in [0.5, 0.6) is 0 Å². The van der Waals surface area contributed by atoms with Crippen LogP contribution in [0.4, 0.5) is 5.13 Å². The molecule has 2 aromatic rings. The van der Waals surface area contributed by atoms with Gasteiger partial charge in [-0.2, -0.15) is 4.37 Å². The first kappa shape index (κ1) is 15.4. The predicted octanol–water partition coefficient (Wildman–Crippen LogP) is 4.30. The number of anilines is 1. The van der Waals surface area contributed by atoms with Gasteiger partial charge in [-0.15, -0.1) is 0 Å². The van der Waals surface area contributed by atoms with E-state index < -0.39 is 0 Å². The molecule has 118 valence electrons. The number of hydrogen-bond donors (Lipinski definition) is 1. The van der Waals surface area contributed by atoms with Crippen molar-refractivity contribution in [1.82, 2.24) is 9.36 Å². The van der Waals surface area contributed by atoms with Gasteiger partial charge in [0.1, 0.15) is 6.61 Å². The Hall–Kier alpha value is -1.46. The highest BCUT2D eigenvalue weighted by Crippen LogP contribution is 2.34. The molecule has 1 aliphatic carbocycles. The van der Waals surface area contributed by atoms with Crippen molar-refractivity contribution in [3.63, 3.8) is 0 Å². The summed E-state index contributed by atoms with van der Waals surface area (Å²) >= 11 is 1.42. The minimum Gasteiger partial charge on any atom is -0.377 e. The fourth-order valence-electron chi connectivity index (χ4n) is 2.98. The molecule has 0 unspecified atom stereocenters. The van der Waals surface area contributed by atoms with Crippen molar-refractivity contribution in [3.05, 3.63) is 40.7 Å². The molecule has 1 N–H and O–H groups in total. The zero-order chi connectivity index (χ0) is 15.5. The summed E-state index contributed by atoms with van der Waals surface area (Å²) in [7, 11) is 1.67. The summed E-state index contributed by atoms with van der Waals surface area (Å²) < 4.78 is 9.40. The number of ether oxygens (including phenoxy) is 1. The van der Waals surface area contributed by atoms with Gasteiger partial charge in [0.25, 0.3) is 0 Å². The molecule has 0 amide bonds. The van der Waals surface area contributed by atoms with Gasteiger partial charge in [-0.25, -0.2) is 4.98 Å². The summed E-state index contributed by atoms with van der Waals surface area (Å²) in [6, 6.07) is 7.28. The maximum atomic E-state index is 5.08. The fraction of sp³-hybridized carbons (Fsp3) is 0.529. The zero-order valence-electron chi connectivity index (χ0n) is 13.4. The number of nitrogens with zero attached hydrogens (tertiary/aromatic N) is 2. The number of benzene rings is 1. The van der Waals surface area contributed by atoms with Gasteiger partial charge in [0.2, 0.25) is 5.13 Å². The molecule has 0 spiro atoms. The molecule has 1 aliphatic rings. The number of rotatable bonds is 5. The molecular formula is C17H23N3OS. The minimum atomic E-state index is 0.339. The van der Waals surface area contributed by atoms with Crippen molar-refractivity contribution in [2.24, 2.45) is 0 Å². The smallest absolute Gasteiger partial charge is 0.203 e. The van der Waals surface area contributed by atoms with E-state index in [4.69, 9.17) is 4.74 Å². The van der Waals surface area contributed by atoms with Crippen LogP contribution in [-0.4, -0.2) is 16.5 Å². The third-order valence-corrected chi connectivity index (χ3v) is 4.87. The van der Waals surface area contributed by atoms with Crippen LogP contribution in [0.2, 0.25) is 0 Å². The van der Waals surface area contributed by atoms with E-state index in [1.54, 1.807) is 7.11 Å². The number of fused-ring (bicyclic) bond motifs is 1. The molecule has 0 aliphatic heterocycles. The Labute approximate surface area is 136 Å². The number of aromatic nitrogens is 2. The lowest BCUT2D eigenvalue weighted by Crippen LogP contribution is -2.17. The van der Waals surface area contributed by atoms with E-state index in [0.717, 1.165) is 17.4 Å². The van der Waals surface area contributed by atoms with Crippen LogP contribution < -0.4 is 5.32 Å². The van der Waals surface area contributed by atoms with Gasteiger partial charge in [0, 0.05) is 18.6 Å². The molecule has 1 aromatic heterocycles. The van der Waals surface area contributed by atoms with E-state index in [0.29, 0.717) is 18.6 Å². The molecule has 22 heavy (non-hydrogen) atoms. The average molecular weight is 317 g/mol. The highest BCUT2D eigenvalue weighted by molar-refractivity contribution is 7.09. The summed E-state index contributed by atoms with van der Waals surface area (Å²) in [5.74, 6) is 1.31. The van der Waals surface area contributed by atoms with Crippen molar-refractivity contribution in [1.29, 1.82) is 0 Å². The molecule has 3 rings (SSSR count). The van der Waals surface area contributed by atoms with E-state index >= 15 is 0 Å². The van der Waals surface area contributed by atoms with Crippen molar-refractivity contribution in [3.8, 4) is 0 Å². The second-order valence-corrected chi connectivity index (χ2v) is 6.90. The van der Waals surface area contributed by atoms with Crippen LogP contribution in [0.3, 0.4) is 0 Å². The van der Waals surface area contributed by atoms with E-state index in [-0.39, 0.29) is 0 Å². The van der Waals surface area contributed by atoms with Gasteiger partial charge < -0.3 is 10.1 Å². The second-order valence-electron chi connectivity index (χ2n) is 6.15. The van der Waals surface area contributed by atoms with E-state index in [9.17, 15) is 0 Å². The van der Waals surface area contributed by atoms with Crippen molar-refractivity contribution >= 4 is 16.7 Å². The Morgan fingerprint density at radius 1 is 1.41 bits per heavy atom. The Bertz CT molecular complexity index is 639. The van der Waals surface area contributed by atoms with Crippen LogP contribution in [0, 0.1) is 0 Å². The molecule has 1 heterocycles. The van der Waals surface area contributed by atoms with Gasteiger partial charge in [0.15, 0.2) is 5.82 Å². The molecular weight excluding hydrogens is 294 g/mol. The Morgan fingerprint density at radius 3 is 3.05 bits per heavy atom. The molecule has 1 aromatic carbocycles. The monoisotopic (exact) mass is 317 g/mol. The first-order valence-corrected chi connectivity index (χ1v) is 8.65. The Kier molecular flexibility index (Phi) is 4.74. The lowest BCUT2D eigenvalue weighted by molar-refractivity contribution is 0.179. The number of nitrogens with one attached hydrogen (secondary N) is 1. The minimum absolute atomic E-state index is 0.339. The second kappa shape index (κ2) is 6.75. The standard InChI is InChI=1S/C17H23N3OS/c1-11(2)13-8-7-12-5-4-6-15(14(12)9-13)18-17-19-16(10-21-3)20-22-17/h7-9,11,15H,4-6,10H2,1-3H3,(H,18,19,20)/t15-/m1/s1. The molecule has 5 heteroatoms. The maximum Gasteiger partial charge on any atom is 0.203 e. The molecule has 0 radical (unpaired) electrons. The highest BCUT2D eigenvalue weighted by atomic mass is 32.1.